The molecule has 0 aromatic rings. The van der Waals surface area contributed by atoms with Gasteiger partial charge < -0.3 is 4.74 Å². The smallest absolute Gasteiger partial charge is 0 e. The van der Waals surface area contributed by atoms with Crippen molar-refractivity contribution in [1.29, 1.82) is 0 Å². The molecule has 23 heavy (non-hydrogen) atoms. The topological polar surface area (TPSA) is 68.9 Å². The Morgan fingerprint density at radius 3 is 1.52 bits per heavy atom. The zero-order valence-corrected chi connectivity index (χ0v) is 13.4. The van der Waals surface area contributed by atoms with Crippen LogP contribution in [0.25, 0.3) is 0 Å². The van der Waals surface area contributed by atoms with Crippen LogP contribution in [0.1, 0.15) is 13.3 Å². The molecule has 1 radical (unpaired) electrons. The summed E-state index contributed by atoms with van der Waals surface area (Å²) in [5, 5.41) is 0. The van der Waals surface area contributed by atoms with Gasteiger partial charge in [-0.15, -0.1) is 0 Å². The molecule has 0 aliphatic heterocycles. The van der Waals surface area contributed by atoms with Gasteiger partial charge in [-0.2, -0.15) is 0 Å². The van der Waals surface area contributed by atoms with Gasteiger partial charge in [-0.05, 0) is 19.4 Å². The summed E-state index contributed by atoms with van der Waals surface area (Å²) in [5.41, 5.74) is 0. The van der Waals surface area contributed by atoms with E-state index in [9.17, 15) is 25.2 Å². The molecule has 0 amide bonds. The first-order valence-corrected chi connectivity index (χ1v) is 6.91. The first-order valence-electron chi connectivity index (χ1n) is 4.88. The van der Waals surface area contributed by atoms with Gasteiger partial charge in [0.05, 0.1) is 12.4 Å². The maximum absolute atomic E-state index is 10.7. The van der Waals surface area contributed by atoms with Gasteiger partial charge in [0.15, 0.2) is 0 Å². The molecule has 0 atom stereocenters. The SMILES string of the molecule is CCOC1=CC=C[CH]C1.F[P-](F)(F)(F)(F)F.[C-]#[O+].[C-]#[O+].[C-]#[O+].[Fe]. The van der Waals surface area contributed by atoms with Crippen LogP contribution in [0.4, 0.5) is 25.2 Å². The Morgan fingerprint density at radius 2 is 1.30 bits per heavy atom. The first-order chi connectivity index (χ1) is 9.88. The van der Waals surface area contributed by atoms with Gasteiger partial charge in [0.1, 0.15) is 0 Å². The Bertz CT molecular complexity index is 385. The molecule has 0 N–H and O–H groups in total. The van der Waals surface area contributed by atoms with Gasteiger partial charge in [0.2, 0.25) is 0 Å². The van der Waals surface area contributed by atoms with Crippen LogP contribution in [0, 0.1) is 26.4 Å². The van der Waals surface area contributed by atoms with Crippen LogP contribution in [0.5, 0.6) is 0 Å². The van der Waals surface area contributed by atoms with E-state index in [1.165, 1.54) is 0 Å². The zero-order chi connectivity index (χ0) is 18.9. The predicted octanol–water partition coefficient (Wildman–Crippen LogP) is 5.34. The van der Waals surface area contributed by atoms with Crippen molar-refractivity contribution < 1.29 is 60.9 Å². The second kappa shape index (κ2) is 14.6. The first kappa shape index (κ1) is 33.6. The van der Waals surface area contributed by atoms with E-state index in [-0.39, 0.29) is 17.1 Å². The third-order valence-electron chi connectivity index (χ3n) is 1.18. The minimum atomic E-state index is -10.7. The molecule has 4 nitrogen and oxygen atoms in total. The summed E-state index contributed by atoms with van der Waals surface area (Å²) < 4.78 is 87.0. The van der Waals surface area contributed by atoms with Crippen LogP contribution in [-0.2, 0) is 35.8 Å². The van der Waals surface area contributed by atoms with Gasteiger partial charge >= 0.3 is 66.9 Å². The van der Waals surface area contributed by atoms with E-state index in [0.717, 1.165) is 18.8 Å². The minimum Gasteiger partial charge on any atom is 0 e. The molecule has 0 fully saturated rings. The van der Waals surface area contributed by atoms with Crippen LogP contribution in [0.2, 0.25) is 0 Å². The molecule has 0 aromatic heterocycles. The number of ether oxygens (including phenoxy) is 1. The van der Waals surface area contributed by atoms with Crippen LogP contribution in [-0.4, -0.2) is 6.61 Å². The molecule has 0 aromatic carbocycles. The number of hydrogen-bond acceptors (Lipinski definition) is 1. The summed E-state index contributed by atoms with van der Waals surface area (Å²) in [4.78, 5) is 0. The molecule has 0 saturated heterocycles. The second-order valence-corrected chi connectivity index (χ2v) is 4.77. The Kier molecular flexibility index (Phi) is 21.3. The second-order valence-electron chi connectivity index (χ2n) is 2.85. The molecule has 0 bridgehead atoms. The van der Waals surface area contributed by atoms with Crippen LogP contribution in [0.3, 0.4) is 0 Å². The molecule has 0 heterocycles. The van der Waals surface area contributed by atoms with Crippen LogP contribution < -0.4 is 0 Å². The van der Waals surface area contributed by atoms with Crippen molar-refractivity contribution in [3.8, 4) is 0 Å². The van der Waals surface area contributed by atoms with Crippen molar-refractivity contribution in [3.63, 3.8) is 0 Å². The largest absolute Gasteiger partial charge is 0 e. The summed E-state index contributed by atoms with van der Waals surface area (Å²) >= 11 is 0. The van der Waals surface area contributed by atoms with E-state index >= 15 is 0 Å². The fraction of sp³-hybridized carbons (Fsp3) is 0.273. The van der Waals surface area contributed by atoms with E-state index < -0.39 is 7.81 Å². The van der Waals surface area contributed by atoms with Gasteiger partial charge in [0.25, 0.3) is 0 Å². The number of allylic oxidation sites excluding steroid dienone is 4. The minimum absolute atomic E-state index is 0. The third-order valence-corrected chi connectivity index (χ3v) is 1.18. The molecule has 1 rings (SSSR count). The Hall–Kier alpha value is -0.971. The molecule has 1 aliphatic carbocycles. The molecular weight excluding hydrogens is 397 g/mol. The van der Waals surface area contributed by atoms with Crippen molar-refractivity contribution in [1.82, 2.24) is 0 Å². The van der Waals surface area contributed by atoms with E-state index in [0.29, 0.717) is 0 Å². The van der Waals surface area contributed by atoms with Crippen molar-refractivity contribution in [3.05, 3.63) is 50.4 Å². The summed E-state index contributed by atoms with van der Waals surface area (Å²) in [5.74, 6) is 1.07. The van der Waals surface area contributed by atoms with Gasteiger partial charge in [-0.3, -0.25) is 0 Å². The Labute approximate surface area is 139 Å². The Morgan fingerprint density at radius 1 is 0.957 bits per heavy atom. The molecular formula is C11H11F6FeO4P-. The maximum Gasteiger partial charge on any atom is 0 e. The molecule has 0 unspecified atom stereocenters. The number of hydrogen-bond donors (Lipinski definition) is 0. The van der Waals surface area contributed by atoms with E-state index in [1.54, 1.807) is 0 Å². The van der Waals surface area contributed by atoms with E-state index in [4.69, 9.17) is 18.7 Å². The van der Waals surface area contributed by atoms with Crippen molar-refractivity contribution in [2.75, 3.05) is 6.61 Å². The van der Waals surface area contributed by atoms with Gasteiger partial charge in [-0.1, -0.05) is 12.2 Å². The van der Waals surface area contributed by atoms with E-state index in [1.807, 2.05) is 25.2 Å². The average molecular weight is 408 g/mol. The van der Waals surface area contributed by atoms with Crippen molar-refractivity contribution in [2.45, 2.75) is 13.3 Å². The summed E-state index contributed by atoms with van der Waals surface area (Å²) in [6.07, 6.45) is 9.07. The molecule has 1 aliphatic rings. The standard InChI is InChI=1S/C8H11O.3CO.F6P.Fe/c1-2-9-8-6-4-3-5-7-8;3*1-2;1-7(2,3,4,5)6;/h3-6H,2,7H2,1H3;;;;;/q;;;;-1;. The zero-order valence-electron chi connectivity index (χ0n) is 11.4. The third kappa shape index (κ3) is 75.7. The maximum atomic E-state index is 9.87. The Balaban J connectivity index is -0.0000000696. The fourth-order valence-corrected chi connectivity index (χ4v) is 0.786. The molecule has 0 saturated carbocycles. The summed E-state index contributed by atoms with van der Waals surface area (Å²) in [7, 11) is -10.7. The fourth-order valence-electron chi connectivity index (χ4n) is 0.786. The monoisotopic (exact) mass is 408 g/mol. The summed E-state index contributed by atoms with van der Waals surface area (Å²) in [6.45, 7) is 16.3. The number of halogens is 6. The normalized spacial score (nSPS) is 14.0. The quantitative estimate of drug-likeness (QED) is 0.200. The number of rotatable bonds is 2. The van der Waals surface area contributed by atoms with E-state index in [2.05, 4.69) is 26.4 Å². The van der Waals surface area contributed by atoms with Crippen LogP contribution in [0.15, 0.2) is 24.0 Å². The average Bonchev–Trinajstić information content (AvgIpc) is 2.44. The van der Waals surface area contributed by atoms with Crippen LogP contribution >= 0.6 is 7.81 Å². The molecule has 135 valence electrons. The molecule has 0 spiro atoms. The van der Waals surface area contributed by atoms with Gasteiger partial charge in [0, 0.05) is 23.5 Å². The van der Waals surface area contributed by atoms with Crippen molar-refractivity contribution >= 4 is 7.81 Å². The predicted molar refractivity (Wildman–Crippen MR) is 63.1 cm³/mol. The molecule has 12 heteroatoms. The van der Waals surface area contributed by atoms with Crippen molar-refractivity contribution in [2.24, 2.45) is 0 Å². The van der Waals surface area contributed by atoms with Gasteiger partial charge in [-0.25, -0.2) is 0 Å². The summed E-state index contributed by atoms with van der Waals surface area (Å²) in [6, 6.07) is 0.